The monoisotopic (exact) mass is 419 g/mol. The van der Waals surface area contributed by atoms with Crippen LogP contribution in [0.3, 0.4) is 0 Å². The lowest BCUT2D eigenvalue weighted by Crippen LogP contribution is -2.35. The van der Waals surface area contributed by atoms with Crippen LogP contribution in [-0.2, 0) is 14.8 Å². The molecule has 1 aromatic carbocycles. The summed E-state index contributed by atoms with van der Waals surface area (Å²) >= 11 is 1.30. The Balaban J connectivity index is 1.63. The van der Waals surface area contributed by atoms with Crippen LogP contribution in [0.25, 0.3) is 0 Å². The second-order valence-corrected chi connectivity index (χ2v) is 10.2. The number of aromatic nitrogens is 1. The van der Waals surface area contributed by atoms with Gasteiger partial charge >= 0.3 is 0 Å². The number of carbonyl (C=O) groups excluding carboxylic acids is 1. The average molecular weight is 420 g/mol. The summed E-state index contributed by atoms with van der Waals surface area (Å²) in [6.45, 7) is 4.87. The molecule has 150 valence electrons. The zero-order valence-electron chi connectivity index (χ0n) is 16.1. The quantitative estimate of drug-likeness (QED) is 0.723. The maximum absolute atomic E-state index is 12.7. The highest BCUT2D eigenvalue weighted by Crippen LogP contribution is 2.25. The minimum absolute atomic E-state index is 0.119. The smallest absolute Gasteiger partial charge is 0.244 e. The van der Waals surface area contributed by atoms with Crippen molar-refractivity contribution in [1.29, 1.82) is 0 Å². The molecular formula is C20H25N3O3S2. The fourth-order valence-corrected chi connectivity index (χ4v) is 5.28. The van der Waals surface area contributed by atoms with Crippen LogP contribution < -0.4 is 5.32 Å². The van der Waals surface area contributed by atoms with Crippen LogP contribution in [0.2, 0.25) is 0 Å². The van der Waals surface area contributed by atoms with Crippen LogP contribution in [0.15, 0.2) is 52.5 Å². The van der Waals surface area contributed by atoms with Crippen molar-refractivity contribution in [2.75, 3.05) is 18.4 Å². The SMILES string of the molecule is Cc1ccccc1NC(=O)C(C)Sc1ccc(S(=O)(=O)N2CCCCC2)cn1. The number of piperidine rings is 1. The highest BCUT2D eigenvalue weighted by atomic mass is 32.2. The minimum atomic E-state index is -3.49. The summed E-state index contributed by atoms with van der Waals surface area (Å²) in [5.41, 5.74) is 1.79. The largest absolute Gasteiger partial charge is 0.325 e. The van der Waals surface area contributed by atoms with Gasteiger partial charge in [0.15, 0.2) is 0 Å². The molecule has 1 aromatic heterocycles. The van der Waals surface area contributed by atoms with Gasteiger partial charge in [-0.3, -0.25) is 4.79 Å². The Hall–Kier alpha value is -1.90. The number of para-hydroxylation sites is 1. The molecule has 0 saturated carbocycles. The van der Waals surface area contributed by atoms with E-state index in [0.29, 0.717) is 18.1 Å². The van der Waals surface area contributed by atoms with E-state index >= 15 is 0 Å². The zero-order chi connectivity index (χ0) is 20.1. The van der Waals surface area contributed by atoms with E-state index < -0.39 is 10.0 Å². The third-order valence-electron chi connectivity index (χ3n) is 4.73. The number of benzene rings is 1. The van der Waals surface area contributed by atoms with Crippen LogP contribution in [0.5, 0.6) is 0 Å². The van der Waals surface area contributed by atoms with E-state index in [9.17, 15) is 13.2 Å². The standard InChI is InChI=1S/C20H25N3O3S2/c1-15-8-4-5-9-18(15)22-20(24)16(2)27-19-11-10-17(14-21-19)28(25,26)23-12-6-3-7-13-23/h4-5,8-11,14,16H,3,6-7,12-13H2,1-2H3,(H,22,24). The Morgan fingerprint density at radius 1 is 1.14 bits per heavy atom. The summed E-state index contributed by atoms with van der Waals surface area (Å²) in [7, 11) is -3.49. The van der Waals surface area contributed by atoms with E-state index in [1.807, 2.05) is 31.2 Å². The molecule has 0 aliphatic carbocycles. The summed E-state index contributed by atoms with van der Waals surface area (Å²) in [5.74, 6) is -0.119. The molecule has 2 heterocycles. The normalized spacial score (nSPS) is 16.5. The summed E-state index contributed by atoms with van der Waals surface area (Å²) in [6, 6.07) is 10.8. The number of nitrogens with one attached hydrogen (secondary N) is 1. The first-order valence-electron chi connectivity index (χ1n) is 9.37. The van der Waals surface area contributed by atoms with Gasteiger partial charge in [-0.15, -0.1) is 0 Å². The Labute approximate surface area is 170 Å². The second-order valence-electron chi connectivity index (χ2n) is 6.86. The first-order valence-corrected chi connectivity index (χ1v) is 11.7. The summed E-state index contributed by atoms with van der Waals surface area (Å²) in [4.78, 5) is 16.9. The topological polar surface area (TPSA) is 79.4 Å². The third kappa shape index (κ3) is 4.92. The van der Waals surface area contributed by atoms with Gasteiger partial charge in [0.25, 0.3) is 0 Å². The summed E-state index contributed by atoms with van der Waals surface area (Å²) < 4.78 is 26.9. The molecule has 3 rings (SSSR count). The van der Waals surface area contributed by atoms with E-state index in [2.05, 4.69) is 10.3 Å². The highest BCUT2D eigenvalue weighted by Gasteiger charge is 2.26. The summed E-state index contributed by atoms with van der Waals surface area (Å²) in [5, 5.41) is 3.17. The van der Waals surface area contributed by atoms with Gasteiger partial charge in [0, 0.05) is 25.0 Å². The van der Waals surface area contributed by atoms with Crippen molar-refractivity contribution in [3.05, 3.63) is 48.2 Å². The number of sulfonamides is 1. The van der Waals surface area contributed by atoms with Gasteiger partial charge in [0.2, 0.25) is 15.9 Å². The Morgan fingerprint density at radius 2 is 1.86 bits per heavy atom. The van der Waals surface area contributed by atoms with Crippen LogP contribution in [0.1, 0.15) is 31.7 Å². The van der Waals surface area contributed by atoms with Crippen molar-refractivity contribution in [2.24, 2.45) is 0 Å². The van der Waals surface area contributed by atoms with Crippen LogP contribution in [0.4, 0.5) is 5.69 Å². The fraction of sp³-hybridized carbons (Fsp3) is 0.400. The first kappa shape index (κ1) is 20.8. The molecule has 1 aliphatic heterocycles. The molecule has 1 N–H and O–H groups in total. The number of hydrogen-bond acceptors (Lipinski definition) is 5. The molecule has 1 unspecified atom stereocenters. The number of aryl methyl sites for hydroxylation is 1. The molecule has 0 spiro atoms. The van der Waals surface area contributed by atoms with Crippen LogP contribution in [0, 0.1) is 6.92 Å². The lowest BCUT2D eigenvalue weighted by molar-refractivity contribution is -0.115. The van der Waals surface area contributed by atoms with Crippen molar-refractivity contribution < 1.29 is 13.2 Å². The molecule has 6 nitrogen and oxygen atoms in total. The fourth-order valence-electron chi connectivity index (χ4n) is 3.03. The lowest BCUT2D eigenvalue weighted by Gasteiger charge is -2.25. The highest BCUT2D eigenvalue weighted by molar-refractivity contribution is 8.00. The number of carbonyl (C=O) groups is 1. The van der Waals surface area contributed by atoms with Crippen molar-refractivity contribution >= 4 is 33.4 Å². The van der Waals surface area contributed by atoms with Gasteiger partial charge < -0.3 is 5.32 Å². The maximum atomic E-state index is 12.7. The number of amides is 1. The second kappa shape index (κ2) is 9.07. The molecule has 1 fully saturated rings. The predicted octanol–water partition coefficient (Wildman–Crippen LogP) is 3.68. The number of rotatable bonds is 6. The van der Waals surface area contributed by atoms with Crippen molar-refractivity contribution in [2.45, 2.75) is 48.3 Å². The van der Waals surface area contributed by atoms with Crippen molar-refractivity contribution in [3.63, 3.8) is 0 Å². The van der Waals surface area contributed by atoms with Gasteiger partial charge in [-0.05, 0) is 50.5 Å². The van der Waals surface area contributed by atoms with Crippen LogP contribution in [-0.4, -0.2) is 42.0 Å². The number of nitrogens with zero attached hydrogens (tertiary/aromatic N) is 2. The molecule has 0 radical (unpaired) electrons. The molecule has 28 heavy (non-hydrogen) atoms. The Morgan fingerprint density at radius 3 is 2.50 bits per heavy atom. The van der Waals surface area contributed by atoms with Gasteiger partial charge in [0.05, 0.1) is 10.3 Å². The third-order valence-corrected chi connectivity index (χ3v) is 7.66. The van der Waals surface area contributed by atoms with Crippen molar-refractivity contribution in [3.8, 4) is 0 Å². The van der Waals surface area contributed by atoms with E-state index in [0.717, 1.165) is 30.5 Å². The molecule has 1 saturated heterocycles. The Bertz CT molecular complexity index is 924. The average Bonchev–Trinajstić information content (AvgIpc) is 2.70. The minimum Gasteiger partial charge on any atom is -0.325 e. The number of hydrogen-bond donors (Lipinski definition) is 1. The molecule has 1 amide bonds. The maximum Gasteiger partial charge on any atom is 0.244 e. The number of pyridine rings is 1. The first-order chi connectivity index (χ1) is 13.4. The number of thioether (sulfide) groups is 1. The molecule has 0 bridgehead atoms. The Kier molecular flexibility index (Phi) is 6.74. The number of anilines is 1. The molecule has 1 aliphatic rings. The zero-order valence-corrected chi connectivity index (χ0v) is 17.7. The van der Waals surface area contributed by atoms with Gasteiger partial charge in [-0.25, -0.2) is 13.4 Å². The van der Waals surface area contributed by atoms with E-state index in [4.69, 9.17) is 0 Å². The predicted molar refractivity (Wildman–Crippen MR) is 112 cm³/mol. The lowest BCUT2D eigenvalue weighted by atomic mass is 10.2. The van der Waals surface area contributed by atoms with Gasteiger partial charge in [-0.2, -0.15) is 4.31 Å². The van der Waals surface area contributed by atoms with E-state index in [1.165, 1.54) is 22.3 Å². The van der Waals surface area contributed by atoms with E-state index in [-0.39, 0.29) is 16.1 Å². The van der Waals surface area contributed by atoms with E-state index in [1.54, 1.807) is 19.1 Å². The van der Waals surface area contributed by atoms with Gasteiger partial charge in [0.1, 0.15) is 4.90 Å². The van der Waals surface area contributed by atoms with Gasteiger partial charge in [-0.1, -0.05) is 36.4 Å². The molecule has 2 aromatic rings. The summed E-state index contributed by atoms with van der Waals surface area (Å²) in [6.07, 6.45) is 4.25. The molecule has 1 atom stereocenters. The van der Waals surface area contributed by atoms with Crippen LogP contribution >= 0.6 is 11.8 Å². The molecular weight excluding hydrogens is 394 g/mol. The van der Waals surface area contributed by atoms with Crippen molar-refractivity contribution in [1.82, 2.24) is 9.29 Å². The molecule has 8 heteroatoms.